The molecule has 2 atom stereocenters. The molecule has 0 aromatic rings. The summed E-state index contributed by atoms with van der Waals surface area (Å²) in [6.45, 7) is 12.5. The third-order valence-corrected chi connectivity index (χ3v) is 16.6. The first-order valence-corrected chi connectivity index (χ1v) is 15.2. The lowest BCUT2D eigenvalue weighted by Gasteiger charge is -2.37. The molecular formula is C9H24O5Si4. The van der Waals surface area contributed by atoms with Gasteiger partial charge in [0, 0.05) is 0 Å². The zero-order chi connectivity index (χ0) is 13.6. The van der Waals surface area contributed by atoms with Crippen LogP contribution in [0.1, 0.15) is 6.42 Å². The summed E-state index contributed by atoms with van der Waals surface area (Å²) in [6.07, 6.45) is 2.39. The highest BCUT2D eigenvalue weighted by Crippen LogP contribution is 2.21. The Morgan fingerprint density at radius 1 is 1.11 bits per heavy atom. The van der Waals surface area contributed by atoms with Crippen molar-refractivity contribution in [2.75, 3.05) is 6.61 Å². The molecule has 106 valence electrons. The summed E-state index contributed by atoms with van der Waals surface area (Å²) in [4.78, 5) is 0. The lowest BCUT2D eigenvalue weighted by molar-refractivity contribution is 0.239. The van der Waals surface area contributed by atoms with E-state index in [1.54, 1.807) is 0 Å². The van der Waals surface area contributed by atoms with E-state index in [1.165, 1.54) is 6.26 Å². The molecule has 18 heavy (non-hydrogen) atoms. The number of ether oxygens (including phenoxy) is 1. The highest BCUT2D eigenvalue weighted by molar-refractivity contribution is 6.81. The van der Waals surface area contributed by atoms with Gasteiger partial charge in [0.2, 0.25) is 0 Å². The summed E-state index contributed by atoms with van der Waals surface area (Å²) in [5.41, 5.74) is 0. The fourth-order valence-electron chi connectivity index (χ4n) is 2.04. The first-order valence-electron chi connectivity index (χ1n) is 6.34. The largest absolute Gasteiger partial charge is 0.502 e. The summed E-state index contributed by atoms with van der Waals surface area (Å²) in [5.74, 6) is 0. The Morgan fingerprint density at radius 3 is 2.17 bits per heavy atom. The average Bonchev–Trinajstić information content (AvgIpc) is 2.21. The molecule has 0 aromatic carbocycles. The van der Waals surface area contributed by atoms with E-state index in [-0.39, 0.29) is 0 Å². The molecule has 0 aromatic heterocycles. The Morgan fingerprint density at radius 2 is 1.67 bits per heavy atom. The lowest BCUT2D eigenvalue weighted by atomic mass is 10.5. The summed E-state index contributed by atoms with van der Waals surface area (Å²) in [7, 11) is -6.87. The second-order valence-corrected chi connectivity index (χ2v) is 14.7. The molecule has 1 aliphatic heterocycles. The van der Waals surface area contributed by atoms with Gasteiger partial charge in [-0.05, 0) is 38.7 Å². The Kier molecular flexibility index (Phi) is 7.01. The molecule has 9 heteroatoms. The molecule has 2 unspecified atom stereocenters. The third-order valence-electron chi connectivity index (χ3n) is 2.61. The summed E-state index contributed by atoms with van der Waals surface area (Å²) >= 11 is 0. The van der Waals surface area contributed by atoms with E-state index in [9.17, 15) is 0 Å². The van der Waals surface area contributed by atoms with Crippen LogP contribution < -0.4 is 0 Å². The fraction of sp³-hybridized carbons (Fsp3) is 0.778. The van der Waals surface area contributed by atoms with Crippen molar-refractivity contribution in [1.82, 2.24) is 0 Å². The normalized spacial score (nSPS) is 37.7. The quantitative estimate of drug-likeness (QED) is 0.432. The molecule has 1 rings (SSSR count). The van der Waals surface area contributed by atoms with Crippen LogP contribution in [0.5, 0.6) is 0 Å². The number of hydrogen-bond donors (Lipinski definition) is 0. The van der Waals surface area contributed by atoms with Crippen LogP contribution in [0.3, 0.4) is 0 Å². The first kappa shape index (κ1) is 16.3. The van der Waals surface area contributed by atoms with Crippen molar-refractivity contribution in [2.45, 2.75) is 38.7 Å². The summed E-state index contributed by atoms with van der Waals surface area (Å²) in [6, 6.07) is 0.915. The second-order valence-electron chi connectivity index (χ2n) is 4.49. The monoisotopic (exact) mass is 324 g/mol. The maximum Gasteiger partial charge on any atom is 0.317 e. The zero-order valence-corrected chi connectivity index (χ0v) is 16.1. The lowest BCUT2D eigenvalue weighted by Crippen LogP contribution is -2.53. The molecule has 5 nitrogen and oxygen atoms in total. The van der Waals surface area contributed by atoms with Crippen molar-refractivity contribution in [2.24, 2.45) is 0 Å². The van der Waals surface area contributed by atoms with Crippen LogP contribution in [0.4, 0.5) is 0 Å². The maximum absolute atomic E-state index is 6.14. The summed E-state index contributed by atoms with van der Waals surface area (Å²) in [5, 5.41) is 0. The summed E-state index contributed by atoms with van der Waals surface area (Å²) < 4.78 is 29.1. The molecule has 0 saturated carbocycles. The van der Waals surface area contributed by atoms with Crippen molar-refractivity contribution in [1.29, 1.82) is 0 Å². The van der Waals surface area contributed by atoms with Crippen LogP contribution in [-0.2, 0) is 21.2 Å². The smallest absolute Gasteiger partial charge is 0.317 e. The van der Waals surface area contributed by atoms with E-state index < -0.39 is 36.4 Å². The van der Waals surface area contributed by atoms with Gasteiger partial charge in [-0.2, -0.15) is 0 Å². The number of rotatable bonds is 5. The molecule has 1 fully saturated rings. The molecule has 0 spiro atoms. The van der Waals surface area contributed by atoms with Crippen molar-refractivity contribution in [3.05, 3.63) is 12.8 Å². The van der Waals surface area contributed by atoms with E-state index in [2.05, 4.69) is 26.2 Å². The van der Waals surface area contributed by atoms with Gasteiger partial charge in [-0.1, -0.05) is 6.58 Å². The SMILES string of the molecule is C=COCCC[Si]1(C)O[SiH](C)O[SiH](C)O[SiH](C)O1. The predicted octanol–water partition coefficient (Wildman–Crippen LogP) is 1.24. The van der Waals surface area contributed by atoms with E-state index in [1.807, 2.05) is 6.55 Å². The van der Waals surface area contributed by atoms with Gasteiger partial charge in [0.15, 0.2) is 0 Å². The van der Waals surface area contributed by atoms with Gasteiger partial charge < -0.3 is 21.2 Å². The molecule has 0 amide bonds. The van der Waals surface area contributed by atoms with Crippen molar-refractivity contribution in [3.63, 3.8) is 0 Å². The molecule has 1 aliphatic rings. The van der Waals surface area contributed by atoms with Crippen molar-refractivity contribution in [3.8, 4) is 0 Å². The Labute approximate surface area is 116 Å². The topological polar surface area (TPSA) is 46.2 Å². The highest BCUT2D eigenvalue weighted by atomic mass is 28.5. The fourth-order valence-corrected chi connectivity index (χ4v) is 16.7. The van der Waals surface area contributed by atoms with Crippen LogP contribution in [0.15, 0.2) is 12.8 Å². The maximum atomic E-state index is 6.14. The van der Waals surface area contributed by atoms with Gasteiger partial charge in [0.25, 0.3) is 27.9 Å². The van der Waals surface area contributed by atoms with Crippen molar-refractivity contribution < 1.29 is 21.2 Å². The van der Waals surface area contributed by atoms with Gasteiger partial charge in [-0.25, -0.2) is 0 Å². The van der Waals surface area contributed by atoms with E-state index in [0.29, 0.717) is 6.61 Å². The Balaban J connectivity index is 2.51. The van der Waals surface area contributed by atoms with Gasteiger partial charge >= 0.3 is 8.56 Å². The molecule has 0 aliphatic carbocycles. The standard InChI is InChI=1S/C9H24O5Si4/c1-6-10-8-7-9-18(5)13-16(3)11-15(2)12-17(4)14-18/h6,15-17H,1,7-9H2,2-5H3. The average molecular weight is 325 g/mol. The molecule has 1 saturated heterocycles. The minimum atomic E-state index is -2.14. The van der Waals surface area contributed by atoms with Crippen LogP contribution in [-0.4, -0.2) is 43.0 Å². The molecule has 0 N–H and O–H groups in total. The van der Waals surface area contributed by atoms with Crippen LogP contribution >= 0.6 is 0 Å². The molecular weight excluding hydrogens is 300 g/mol. The van der Waals surface area contributed by atoms with Crippen molar-refractivity contribution >= 4 is 36.4 Å². The van der Waals surface area contributed by atoms with E-state index >= 15 is 0 Å². The second kappa shape index (κ2) is 7.74. The van der Waals surface area contributed by atoms with Crippen LogP contribution in [0.25, 0.3) is 0 Å². The number of hydrogen-bond acceptors (Lipinski definition) is 5. The van der Waals surface area contributed by atoms with Gasteiger partial charge in [0.1, 0.15) is 0 Å². The minimum absolute atomic E-state index is 0.664. The van der Waals surface area contributed by atoms with Gasteiger partial charge in [-0.3, -0.25) is 0 Å². The van der Waals surface area contributed by atoms with E-state index in [0.717, 1.165) is 12.5 Å². The first-order chi connectivity index (χ1) is 8.45. The molecule has 1 heterocycles. The predicted molar refractivity (Wildman–Crippen MR) is 80.6 cm³/mol. The third kappa shape index (κ3) is 5.93. The minimum Gasteiger partial charge on any atom is -0.502 e. The van der Waals surface area contributed by atoms with Gasteiger partial charge in [-0.15, -0.1) is 0 Å². The van der Waals surface area contributed by atoms with Crippen LogP contribution in [0.2, 0.25) is 32.2 Å². The Bertz CT molecular complexity index is 253. The van der Waals surface area contributed by atoms with Gasteiger partial charge in [0.05, 0.1) is 12.9 Å². The molecule has 0 bridgehead atoms. The van der Waals surface area contributed by atoms with Crippen LogP contribution in [0, 0.1) is 0 Å². The highest BCUT2D eigenvalue weighted by Gasteiger charge is 2.38. The zero-order valence-electron chi connectivity index (χ0n) is 11.7. The molecule has 0 radical (unpaired) electrons. The van der Waals surface area contributed by atoms with E-state index in [4.69, 9.17) is 21.2 Å². The Hall–Kier alpha value is 0.248.